The van der Waals surface area contributed by atoms with E-state index < -0.39 is 0 Å². The summed E-state index contributed by atoms with van der Waals surface area (Å²) in [7, 11) is 0. The molecule has 3 nitrogen and oxygen atoms in total. The van der Waals surface area contributed by atoms with Crippen LogP contribution in [0.5, 0.6) is 0 Å². The van der Waals surface area contributed by atoms with E-state index in [1.54, 1.807) is 6.07 Å². The number of benzene rings is 1. The van der Waals surface area contributed by atoms with Crippen LogP contribution in [0.1, 0.15) is 25.7 Å². The minimum absolute atomic E-state index is 0.0763. The van der Waals surface area contributed by atoms with E-state index in [2.05, 4.69) is 4.90 Å². The number of nitrogens with zero attached hydrogens (tertiary/aromatic N) is 1. The molecule has 1 aromatic rings. The van der Waals surface area contributed by atoms with Crippen LogP contribution in [0.15, 0.2) is 18.2 Å². The number of aliphatic hydroxyl groups excluding tert-OH is 1. The molecule has 0 spiro atoms. The smallest absolute Gasteiger partial charge is 0.127 e. The zero-order valence-corrected chi connectivity index (χ0v) is 9.90. The summed E-state index contributed by atoms with van der Waals surface area (Å²) in [5.74, 6) is -0.319. The molecule has 3 N–H and O–H groups in total. The van der Waals surface area contributed by atoms with Crippen molar-refractivity contribution >= 4 is 11.4 Å². The Labute approximate surface area is 101 Å². The van der Waals surface area contributed by atoms with E-state index in [1.165, 1.54) is 25.0 Å². The number of anilines is 2. The van der Waals surface area contributed by atoms with Crippen molar-refractivity contribution in [3.63, 3.8) is 0 Å². The van der Waals surface area contributed by atoms with Crippen LogP contribution < -0.4 is 10.6 Å². The molecule has 0 atom stereocenters. The van der Waals surface area contributed by atoms with E-state index in [1.807, 2.05) is 0 Å². The maximum Gasteiger partial charge on any atom is 0.127 e. The van der Waals surface area contributed by atoms with Gasteiger partial charge >= 0.3 is 0 Å². The lowest BCUT2D eigenvalue weighted by Crippen LogP contribution is -2.35. The van der Waals surface area contributed by atoms with Gasteiger partial charge in [-0.05, 0) is 31.0 Å². The third-order valence-corrected chi connectivity index (χ3v) is 3.34. The highest BCUT2D eigenvalue weighted by molar-refractivity contribution is 5.57. The molecule has 0 aliphatic heterocycles. The van der Waals surface area contributed by atoms with Crippen molar-refractivity contribution in [2.45, 2.75) is 31.7 Å². The van der Waals surface area contributed by atoms with Crippen molar-refractivity contribution < 1.29 is 9.50 Å². The lowest BCUT2D eigenvalue weighted by atomic mass is 10.1. The van der Waals surface area contributed by atoms with Gasteiger partial charge in [0.15, 0.2) is 0 Å². The third kappa shape index (κ3) is 2.88. The van der Waals surface area contributed by atoms with Gasteiger partial charge in [-0.2, -0.15) is 0 Å². The van der Waals surface area contributed by atoms with Crippen LogP contribution in [0.2, 0.25) is 0 Å². The van der Waals surface area contributed by atoms with E-state index >= 15 is 0 Å². The molecular formula is C13H19FN2O. The molecule has 94 valence electrons. The molecule has 0 radical (unpaired) electrons. The molecule has 1 aromatic carbocycles. The Morgan fingerprint density at radius 2 is 2.00 bits per heavy atom. The van der Waals surface area contributed by atoms with Gasteiger partial charge < -0.3 is 15.7 Å². The molecule has 1 aliphatic carbocycles. The minimum atomic E-state index is -0.319. The minimum Gasteiger partial charge on any atom is -0.399 e. The highest BCUT2D eigenvalue weighted by Crippen LogP contribution is 2.29. The summed E-state index contributed by atoms with van der Waals surface area (Å²) in [6.07, 6.45) is 4.63. The van der Waals surface area contributed by atoms with E-state index in [4.69, 9.17) is 10.8 Å². The Bertz CT molecular complexity index is 357. The zero-order chi connectivity index (χ0) is 12.3. The van der Waals surface area contributed by atoms with Crippen LogP contribution in [-0.2, 0) is 0 Å². The SMILES string of the molecule is Nc1cc(F)cc(N(CCO)C2CCCC2)c1. The van der Waals surface area contributed by atoms with Crippen LogP contribution in [0, 0.1) is 5.82 Å². The summed E-state index contributed by atoms with van der Waals surface area (Å²) in [6, 6.07) is 4.99. The number of hydrogen-bond donors (Lipinski definition) is 2. The fourth-order valence-electron chi connectivity index (χ4n) is 2.61. The number of halogens is 1. The van der Waals surface area contributed by atoms with Crippen LogP contribution >= 0.6 is 0 Å². The molecule has 17 heavy (non-hydrogen) atoms. The van der Waals surface area contributed by atoms with E-state index in [0.29, 0.717) is 18.3 Å². The van der Waals surface area contributed by atoms with Gasteiger partial charge in [-0.25, -0.2) is 4.39 Å². The van der Waals surface area contributed by atoms with Gasteiger partial charge in [0.25, 0.3) is 0 Å². The summed E-state index contributed by atoms with van der Waals surface area (Å²) < 4.78 is 13.3. The zero-order valence-electron chi connectivity index (χ0n) is 9.90. The first-order chi connectivity index (χ1) is 8.20. The standard InChI is InChI=1S/C13H19FN2O/c14-10-7-11(15)9-13(8-10)16(5-6-17)12-3-1-2-4-12/h7-9,12,17H,1-6,15H2. The summed E-state index contributed by atoms with van der Waals surface area (Å²) in [5, 5.41) is 9.13. The van der Waals surface area contributed by atoms with Crippen molar-refractivity contribution in [2.75, 3.05) is 23.8 Å². The molecule has 4 heteroatoms. The fourth-order valence-corrected chi connectivity index (χ4v) is 2.61. The van der Waals surface area contributed by atoms with Gasteiger partial charge in [0.2, 0.25) is 0 Å². The maximum absolute atomic E-state index is 13.3. The van der Waals surface area contributed by atoms with Crippen LogP contribution in [-0.4, -0.2) is 24.3 Å². The van der Waals surface area contributed by atoms with Gasteiger partial charge in [0.05, 0.1) is 6.61 Å². The summed E-state index contributed by atoms with van der Waals surface area (Å²) >= 11 is 0. The van der Waals surface area contributed by atoms with Crippen molar-refractivity contribution in [1.29, 1.82) is 0 Å². The second kappa shape index (κ2) is 5.36. The number of nitrogen functional groups attached to an aromatic ring is 1. The maximum atomic E-state index is 13.3. The predicted octanol–water partition coefficient (Wildman–Crippen LogP) is 2.15. The third-order valence-electron chi connectivity index (χ3n) is 3.34. The summed E-state index contributed by atoms with van der Waals surface area (Å²) in [5.41, 5.74) is 6.88. The Kier molecular flexibility index (Phi) is 3.84. The number of aliphatic hydroxyl groups is 1. The topological polar surface area (TPSA) is 49.5 Å². The Morgan fingerprint density at radius 1 is 1.29 bits per heavy atom. The molecule has 0 bridgehead atoms. The Morgan fingerprint density at radius 3 is 2.59 bits per heavy atom. The number of rotatable bonds is 4. The van der Waals surface area contributed by atoms with E-state index in [9.17, 15) is 4.39 Å². The summed E-state index contributed by atoms with van der Waals surface area (Å²) in [6.45, 7) is 0.612. The fraction of sp³-hybridized carbons (Fsp3) is 0.538. The molecule has 0 heterocycles. The van der Waals surface area contributed by atoms with E-state index in [-0.39, 0.29) is 12.4 Å². The highest BCUT2D eigenvalue weighted by atomic mass is 19.1. The lowest BCUT2D eigenvalue weighted by Gasteiger charge is -2.30. The van der Waals surface area contributed by atoms with E-state index in [0.717, 1.165) is 18.5 Å². The lowest BCUT2D eigenvalue weighted by molar-refractivity contribution is 0.297. The largest absolute Gasteiger partial charge is 0.399 e. The van der Waals surface area contributed by atoms with Crippen LogP contribution in [0.25, 0.3) is 0 Å². The molecule has 1 saturated carbocycles. The van der Waals surface area contributed by atoms with Crippen LogP contribution in [0.4, 0.5) is 15.8 Å². The molecule has 1 fully saturated rings. The summed E-state index contributed by atoms with van der Waals surface area (Å²) in [4.78, 5) is 2.08. The quantitative estimate of drug-likeness (QED) is 0.790. The first-order valence-electron chi connectivity index (χ1n) is 6.14. The second-order valence-electron chi connectivity index (χ2n) is 4.60. The molecule has 2 rings (SSSR count). The molecule has 1 aliphatic rings. The highest BCUT2D eigenvalue weighted by Gasteiger charge is 2.22. The van der Waals surface area contributed by atoms with Gasteiger partial charge in [-0.3, -0.25) is 0 Å². The molecule has 0 saturated heterocycles. The normalized spacial score (nSPS) is 16.4. The Hall–Kier alpha value is -1.29. The Balaban J connectivity index is 2.24. The first-order valence-corrected chi connectivity index (χ1v) is 6.14. The average Bonchev–Trinajstić information content (AvgIpc) is 2.77. The molecule has 0 aromatic heterocycles. The van der Waals surface area contributed by atoms with Crippen molar-refractivity contribution in [3.8, 4) is 0 Å². The average molecular weight is 238 g/mol. The number of nitrogens with two attached hydrogens (primary N) is 1. The predicted molar refractivity (Wildman–Crippen MR) is 67.5 cm³/mol. The van der Waals surface area contributed by atoms with Gasteiger partial charge in [0, 0.05) is 24.0 Å². The van der Waals surface area contributed by atoms with Gasteiger partial charge in [0.1, 0.15) is 5.82 Å². The second-order valence-corrected chi connectivity index (χ2v) is 4.60. The van der Waals surface area contributed by atoms with Crippen molar-refractivity contribution in [3.05, 3.63) is 24.0 Å². The first kappa shape index (κ1) is 12.2. The molecule has 0 amide bonds. The molecular weight excluding hydrogens is 219 g/mol. The van der Waals surface area contributed by atoms with Gasteiger partial charge in [-0.1, -0.05) is 12.8 Å². The van der Waals surface area contributed by atoms with Crippen molar-refractivity contribution in [1.82, 2.24) is 0 Å². The number of hydrogen-bond acceptors (Lipinski definition) is 3. The molecule has 0 unspecified atom stereocenters. The van der Waals surface area contributed by atoms with Crippen LogP contribution in [0.3, 0.4) is 0 Å². The monoisotopic (exact) mass is 238 g/mol. The van der Waals surface area contributed by atoms with Gasteiger partial charge in [-0.15, -0.1) is 0 Å². The van der Waals surface area contributed by atoms with Crippen molar-refractivity contribution in [2.24, 2.45) is 0 Å².